The van der Waals surface area contributed by atoms with E-state index >= 15 is 0 Å². The highest BCUT2D eigenvalue weighted by Crippen LogP contribution is 2.26. The second-order valence-corrected chi connectivity index (χ2v) is 4.90. The molecule has 18 heavy (non-hydrogen) atoms. The SMILES string of the molecule is C[C@@H](O)[C@H](NC(=O)NCCC1CCCC1)C(=O)O. The van der Waals surface area contributed by atoms with Crippen molar-refractivity contribution in [2.24, 2.45) is 5.92 Å². The van der Waals surface area contributed by atoms with E-state index in [1.807, 2.05) is 0 Å². The number of aliphatic hydroxyl groups is 1. The van der Waals surface area contributed by atoms with Gasteiger partial charge in [0.05, 0.1) is 6.10 Å². The Morgan fingerprint density at radius 1 is 1.33 bits per heavy atom. The third-order valence-electron chi connectivity index (χ3n) is 3.35. The fourth-order valence-electron chi connectivity index (χ4n) is 2.27. The summed E-state index contributed by atoms with van der Waals surface area (Å²) in [5, 5.41) is 22.9. The van der Waals surface area contributed by atoms with Crippen LogP contribution in [0, 0.1) is 5.92 Å². The van der Waals surface area contributed by atoms with E-state index in [2.05, 4.69) is 10.6 Å². The van der Waals surface area contributed by atoms with Crippen molar-refractivity contribution >= 4 is 12.0 Å². The van der Waals surface area contributed by atoms with Crippen molar-refractivity contribution in [2.45, 2.75) is 51.2 Å². The number of aliphatic carboxylic acids is 1. The Bertz CT molecular complexity index is 288. The average molecular weight is 258 g/mol. The maximum Gasteiger partial charge on any atom is 0.328 e. The van der Waals surface area contributed by atoms with Crippen LogP contribution in [-0.4, -0.2) is 40.9 Å². The molecule has 0 bridgehead atoms. The molecule has 1 aliphatic carbocycles. The van der Waals surface area contributed by atoms with E-state index in [1.54, 1.807) is 0 Å². The minimum atomic E-state index is -1.27. The number of rotatable bonds is 6. The predicted octanol–water partition coefficient (Wildman–Crippen LogP) is 0.700. The average Bonchev–Trinajstić information content (AvgIpc) is 2.78. The third-order valence-corrected chi connectivity index (χ3v) is 3.35. The minimum absolute atomic E-state index is 0.540. The topological polar surface area (TPSA) is 98.7 Å². The van der Waals surface area contributed by atoms with Crippen molar-refractivity contribution < 1.29 is 19.8 Å². The summed E-state index contributed by atoms with van der Waals surface area (Å²) in [6, 6.07) is -1.81. The second-order valence-electron chi connectivity index (χ2n) is 4.90. The Balaban J connectivity index is 2.21. The first-order chi connectivity index (χ1) is 8.50. The smallest absolute Gasteiger partial charge is 0.328 e. The molecule has 0 aromatic carbocycles. The molecule has 0 unspecified atom stereocenters. The zero-order valence-corrected chi connectivity index (χ0v) is 10.7. The second kappa shape index (κ2) is 7.20. The van der Waals surface area contributed by atoms with Gasteiger partial charge in [0.2, 0.25) is 0 Å². The van der Waals surface area contributed by atoms with Crippen LogP contribution < -0.4 is 10.6 Å². The lowest BCUT2D eigenvalue weighted by Gasteiger charge is -2.17. The van der Waals surface area contributed by atoms with Crippen LogP contribution in [0.3, 0.4) is 0 Å². The highest BCUT2D eigenvalue weighted by molar-refractivity contribution is 5.82. The van der Waals surface area contributed by atoms with E-state index in [1.165, 1.54) is 32.6 Å². The number of hydrogen-bond donors (Lipinski definition) is 4. The number of carboxylic acid groups (broad SMARTS) is 1. The van der Waals surface area contributed by atoms with Gasteiger partial charge in [-0.25, -0.2) is 9.59 Å². The van der Waals surface area contributed by atoms with E-state index in [4.69, 9.17) is 5.11 Å². The van der Waals surface area contributed by atoms with Gasteiger partial charge in [-0.15, -0.1) is 0 Å². The van der Waals surface area contributed by atoms with Crippen LogP contribution in [0.4, 0.5) is 4.79 Å². The molecule has 6 nitrogen and oxygen atoms in total. The molecule has 0 radical (unpaired) electrons. The first kappa shape index (κ1) is 14.8. The summed E-state index contributed by atoms with van der Waals surface area (Å²) in [4.78, 5) is 22.2. The highest BCUT2D eigenvalue weighted by Gasteiger charge is 2.24. The molecule has 1 fully saturated rings. The van der Waals surface area contributed by atoms with Crippen molar-refractivity contribution in [1.29, 1.82) is 0 Å². The van der Waals surface area contributed by atoms with Crippen LogP contribution in [0.2, 0.25) is 0 Å². The number of urea groups is 1. The normalized spacial score (nSPS) is 19.2. The molecule has 2 atom stereocenters. The molecule has 1 saturated carbocycles. The summed E-state index contributed by atoms with van der Waals surface area (Å²) >= 11 is 0. The lowest BCUT2D eigenvalue weighted by Crippen LogP contribution is -2.51. The Labute approximate surface area is 107 Å². The maximum atomic E-state index is 11.4. The van der Waals surface area contributed by atoms with E-state index in [0.29, 0.717) is 12.5 Å². The molecule has 104 valence electrons. The Morgan fingerprint density at radius 2 is 1.94 bits per heavy atom. The molecule has 2 amide bonds. The van der Waals surface area contributed by atoms with E-state index in [0.717, 1.165) is 6.42 Å². The third kappa shape index (κ3) is 4.91. The molecule has 1 rings (SSSR count). The monoisotopic (exact) mass is 258 g/mol. The van der Waals surface area contributed by atoms with Crippen LogP contribution in [0.15, 0.2) is 0 Å². The quantitative estimate of drug-likeness (QED) is 0.563. The number of aliphatic hydroxyl groups excluding tert-OH is 1. The van der Waals surface area contributed by atoms with Gasteiger partial charge >= 0.3 is 12.0 Å². The van der Waals surface area contributed by atoms with E-state index in [-0.39, 0.29) is 0 Å². The van der Waals surface area contributed by atoms with E-state index < -0.39 is 24.1 Å². The number of amides is 2. The number of carbonyl (C=O) groups is 2. The van der Waals surface area contributed by atoms with Crippen LogP contribution in [0.25, 0.3) is 0 Å². The van der Waals surface area contributed by atoms with Crippen molar-refractivity contribution in [2.75, 3.05) is 6.54 Å². The van der Waals surface area contributed by atoms with Gasteiger partial charge in [-0.2, -0.15) is 0 Å². The molecule has 0 aromatic heterocycles. The molecule has 0 saturated heterocycles. The molecular weight excluding hydrogens is 236 g/mol. The Kier molecular flexibility index (Phi) is 5.91. The molecule has 4 N–H and O–H groups in total. The van der Waals surface area contributed by atoms with Crippen molar-refractivity contribution in [3.05, 3.63) is 0 Å². The van der Waals surface area contributed by atoms with Crippen LogP contribution >= 0.6 is 0 Å². The van der Waals surface area contributed by atoms with Gasteiger partial charge in [0.25, 0.3) is 0 Å². The fraction of sp³-hybridized carbons (Fsp3) is 0.833. The molecule has 0 spiro atoms. The van der Waals surface area contributed by atoms with Gasteiger partial charge in [-0.05, 0) is 19.3 Å². The molecule has 6 heteroatoms. The van der Waals surface area contributed by atoms with Crippen molar-refractivity contribution in [1.82, 2.24) is 10.6 Å². The maximum absolute atomic E-state index is 11.4. The summed E-state index contributed by atoms with van der Waals surface area (Å²) in [5.74, 6) is -0.562. The highest BCUT2D eigenvalue weighted by atomic mass is 16.4. The lowest BCUT2D eigenvalue weighted by atomic mass is 10.0. The largest absolute Gasteiger partial charge is 0.480 e. The molecule has 1 aliphatic rings. The number of nitrogens with one attached hydrogen (secondary N) is 2. The fourth-order valence-corrected chi connectivity index (χ4v) is 2.27. The minimum Gasteiger partial charge on any atom is -0.480 e. The van der Waals surface area contributed by atoms with Crippen LogP contribution in [0.1, 0.15) is 39.0 Å². The van der Waals surface area contributed by atoms with Gasteiger partial charge in [0.1, 0.15) is 0 Å². The number of carboxylic acids is 1. The lowest BCUT2D eigenvalue weighted by molar-refractivity contribution is -0.141. The first-order valence-electron chi connectivity index (χ1n) is 6.46. The predicted molar refractivity (Wildman–Crippen MR) is 66.2 cm³/mol. The summed E-state index contributed by atoms with van der Waals surface area (Å²) in [6.45, 7) is 1.88. The van der Waals surface area contributed by atoms with Gasteiger partial charge in [0, 0.05) is 6.54 Å². The molecule has 0 aliphatic heterocycles. The number of hydrogen-bond acceptors (Lipinski definition) is 3. The standard InChI is InChI=1S/C12H22N2O4/c1-8(15)10(11(16)17)14-12(18)13-7-6-9-4-2-3-5-9/h8-10,15H,2-7H2,1H3,(H,16,17)(H2,13,14,18)/t8-,10+/m1/s1. The van der Waals surface area contributed by atoms with Crippen LogP contribution in [0.5, 0.6) is 0 Å². The number of carbonyl (C=O) groups excluding carboxylic acids is 1. The summed E-state index contributed by atoms with van der Waals surface area (Å²) in [7, 11) is 0. The van der Waals surface area contributed by atoms with Crippen molar-refractivity contribution in [3.8, 4) is 0 Å². The molecular formula is C12H22N2O4. The van der Waals surface area contributed by atoms with E-state index in [9.17, 15) is 14.7 Å². The van der Waals surface area contributed by atoms with Gasteiger partial charge in [0.15, 0.2) is 6.04 Å². The zero-order valence-electron chi connectivity index (χ0n) is 10.7. The van der Waals surface area contributed by atoms with Gasteiger partial charge < -0.3 is 20.8 Å². The van der Waals surface area contributed by atoms with Crippen LogP contribution in [-0.2, 0) is 4.79 Å². The summed E-state index contributed by atoms with van der Waals surface area (Å²) in [5.41, 5.74) is 0. The summed E-state index contributed by atoms with van der Waals surface area (Å²) in [6.07, 6.45) is 4.77. The van der Waals surface area contributed by atoms with Gasteiger partial charge in [-0.3, -0.25) is 0 Å². The van der Waals surface area contributed by atoms with Gasteiger partial charge in [-0.1, -0.05) is 25.7 Å². The van der Waals surface area contributed by atoms with Crippen molar-refractivity contribution in [3.63, 3.8) is 0 Å². The Morgan fingerprint density at radius 3 is 2.44 bits per heavy atom. The first-order valence-corrected chi connectivity index (χ1v) is 6.46. The summed E-state index contributed by atoms with van der Waals surface area (Å²) < 4.78 is 0. The zero-order chi connectivity index (χ0) is 13.5. The Hall–Kier alpha value is -1.30. The molecule has 0 heterocycles. The molecule has 0 aromatic rings.